The number of ether oxygens (including phenoxy) is 2. The first-order chi connectivity index (χ1) is 11.9. The van der Waals surface area contributed by atoms with Crippen LogP contribution in [0.25, 0.3) is 10.8 Å². The summed E-state index contributed by atoms with van der Waals surface area (Å²) >= 11 is 0. The molecule has 0 saturated heterocycles. The molecule has 0 aromatic heterocycles. The van der Waals surface area contributed by atoms with Gasteiger partial charge in [0, 0.05) is 14.1 Å². The number of amides is 2. The molecule has 0 aliphatic carbocycles. The van der Waals surface area contributed by atoms with E-state index in [4.69, 9.17) is 9.47 Å². The van der Waals surface area contributed by atoms with Crippen LogP contribution in [0.2, 0.25) is 0 Å². The van der Waals surface area contributed by atoms with E-state index in [0.29, 0.717) is 5.75 Å². The second kappa shape index (κ2) is 8.14. The summed E-state index contributed by atoms with van der Waals surface area (Å²) in [6, 6.07) is 10.9. The summed E-state index contributed by atoms with van der Waals surface area (Å²) in [5.41, 5.74) is 0.235. The number of benzene rings is 2. The normalized spacial score (nSPS) is 10.2. The third-order valence-electron chi connectivity index (χ3n) is 3.56. The summed E-state index contributed by atoms with van der Waals surface area (Å²) < 4.78 is 10.3. The van der Waals surface area contributed by atoms with E-state index in [0.717, 1.165) is 10.8 Å². The predicted molar refractivity (Wildman–Crippen MR) is 92.5 cm³/mol. The van der Waals surface area contributed by atoms with Crippen molar-refractivity contribution >= 4 is 28.6 Å². The molecular weight excluding hydrogens is 324 g/mol. The van der Waals surface area contributed by atoms with Crippen molar-refractivity contribution in [2.24, 2.45) is 0 Å². The van der Waals surface area contributed by atoms with Crippen LogP contribution in [0, 0.1) is 0 Å². The molecule has 0 spiro atoms. The maximum Gasteiger partial charge on any atom is 0.342 e. The highest BCUT2D eigenvalue weighted by Crippen LogP contribution is 2.26. The topological polar surface area (TPSA) is 84.9 Å². The lowest BCUT2D eigenvalue weighted by Gasteiger charge is -2.12. The highest BCUT2D eigenvalue weighted by atomic mass is 16.5. The summed E-state index contributed by atoms with van der Waals surface area (Å²) in [4.78, 5) is 36.7. The molecule has 0 fully saturated rings. The van der Waals surface area contributed by atoms with Crippen LogP contribution in [-0.4, -0.2) is 57.0 Å². The Morgan fingerprint density at radius 1 is 1.08 bits per heavy atom. The molecular formula is C18H20N2O5. The largest absolute Gasteiger partial charge is 0.496 e. The zero-order chi connectivity index (χ0) is 18.4. The van der Waals surface area contributed by atoms with Gasteiger partial charge in [-0.25, -0.2) is 4.79 Å². The number of nitrogens with zero attached hydrogens (tertiary/aromatic N) is 1. The molecule has 0 aliphatic rings. The van der Waals surface area contributed by atoms with Gasteiger partial charge in [-0.2, -0.15) is 0 Å². The number of esters is 1. The molecule has 1 N–H and O–H groups in total. The van der Waals surface area contributed by atoms with Gasteiger partial charge in [0.15, 0.2) is 6.61 Å². The van der Waals surface area contributed by atoms with Gasteiger partial charge in [-0.05, 0) is 22.9 Å². The summed E-state index contributed by atoms with van der Waals surface area (Å²) in [5.74, 6) is -1.11. The maximum absolute atomic E-state index is 12.3. The number of fused-ring (bicyclic) bond motifs is 1. The van der Waals surface area contributed by atoms with Crippen LogP contribution in [0.4, 0.5) is 0 Å². The first-order valence-corrected chi connectivity index (χ1v) is 7.63. The monoisotopic (exact) mass is 344 g/mol. The zero-order valence-corrected chi connectivity index (χ0v) is 14.4. The summed E-state index contributed by atoms with van der Waals surface area (Å²) in [5, 5.41) is 4.17. The minimum Gasteiger partial charge on any atom is -0.496 e. The molecule has 0 saturated carbocycles. The van der Waals surface area contributed by atoms with E-state index in [1.165, 1.54) is 12.0 Å². The minimum atomic E-state index is -0.670. The van der Waals surface area contributed by atoms with Gasteiger partial charge in [0.05, 0.1) is 13.7 Å². The highest BCUT2D eigenvalue weighted by molar-refractivity contribution is 5.99. The first kappa shape index (κ1) is 18.3. The lowest BCUT2D eigenvalue weighted by atomic mass is 10.1. The molecule has 7 heteroatoms. The summed E-state index contributed by atoms with van der Waals surface area (Å²) in [7, 11) is 4.63. The van der Waals surface area contributed by atoms with E-state index in [-0.39, 0.29) is 18.0 Å². The standard InChI is InChI=1S/C18H20N2O5/c1-20(2)17(22)10-19-16(21)11-25-18(23)14-8-12-6-4-5-7-13(12)9-15(14)24-3/h4-9H,10-11H2,1-3H3,(H,19,21). The summed E-state index contributed by atoms with van der Waals surface area (Å²) in [6.45, 7) is -0.627. The molecule has 132 valence electrons. The van der Waals surface area contributed by atoms with Crippen molar-refractivity contribution in [1.29, 1.82) is 0 Å². The van der Waals surface area contributed by atoms with Crippen LogP contribution >= 0.6 is 0 Å². The molecule has 2 rings (SSSR count). The molecule has 0 heterocycles. The Morgan fingerprint density at radius 2 is 1.72 bits per heavy atom. The number of carbonyl (C=O) groups excluding carboxylic acids is 3. The van der Waals surface area contributed by atoms with Gasteiger partial charge in [0.25, 0.3) is 5.91 Å². The average molecular weight is 344 g/mol. The van der Waals surface area contributed by atoms with Crippen LogP contribution in [-0.2, 0) is 14.3 Å². The predicted octanol–water partition coefficient (Wildman–Crippen LogP) is 1.21. The van der Waals surface area contributed by atoms with Gasteiger partial charge in [-0.15, -0.1) is 0 Å². The Kier molecular flexibility index (Phi) is 5.94. The first-order valence-electron chi connectivity index (χ1n) is 7.63. The van der Waals surface area contributed by atoms with Crippen LogP contribution < -0.4 is 10.1 Å². The summed E-state index contributed by atoms with van der Waals surface area (Å²) in [6.07, 6.45) is 0. The Morgan fingerprint density at radius 3 is 2.32 bits per heavy atom. The van der Waals surface area contributed by atoms with E-state index in [1.54, 1.807) is 26.2 Å². The van der Waals surface area contributed by atoms with Crippen molar-refractivity contribution in [1.82, 2.24) is 10.2 Å². The Hall–Kier alpha value is -3.09. The lowest BCUT2D eigenvalue weighted by molar-refractivity contribution is -0.131. The number of rotatable bonds is 6. The third-order valence-corrected chi connectivity index (χ3v) is 3.56. The van der Waals surface area contributed by atoms with Crippen molar-refractivity contribution in [2.75, 3.05) is 34.4 Å². The fraction of sp³-hybridized carbons (Fsp3) is 0.278. The molecule has 2 aromatic carbocycles. The number of carbonyl (C=O) groups is 3. The van der Waals surface area contributed by atoms with Crippen LogP contribution in [0.3, 0.4) is 0 Å². The SMILES string of the molecule is COc1cc2ccccc2cc1C(=O)OCC(=O)NCC(=O)N(C)C. The van der Waals surface area contributed by atoms with Gasteiger partial charge >= 0.3 is 5.97 Å². The van der Waals surface area contributed by atoms with Gasteiger partial charge in [-0.1, -0.05) is 24.3 Å². The minimum absolute atomic E-state index is 0.150. The fourth-order valence-electron chi connectivity index (χ4n) is 2.14. The van der Waals surface area contributed by atoms with Crippen molar-refractivity contribution in [3.05, 3.63) is 42.0 Å². The maximum atomic E-state index is 12.3. The van der Waals surface area contributed by atoms with Gasteiger partial charge in [0.1, 0.15) is 11.3 Å². The Balaban J connectivity index is 2.02. The number of hydrogen-bond donors (Lipinski definition) is 1. The number of hydrogen-bond acceptors (Lipinski definition) is 5. The second-order valence-corrected chi connectivity index (χ2v) is 5.54. The van der Waals surface area contributed by atoms with Crippen molar-refractivity contribution in [2.45, 2.75) is 0 Å². The number of nitrogens with one attached hydrogen (secondary N) is 1. The van der Waals surface area contributed by atoms with Crippen LogP contribution in [0.5, 0.6) is 5.75 Å². The molecule has 0 radical (unpaired) electrons. The van der Waals surface area contributed by atoms with E-state index >= 15 is 0 Å². The van der Waals surface area contributed by atoms with E-state index in [1.807, 2.05) is 24.3 Å². The smallest absolute Gasteiger partial charge is 0.342 e. The number of methoxy groups -OCH3 is 1. The molecule has 25 heavy (non-hydrogen) atoms. The third kappa shape index (κ3) is 4.69. The molecule has 0 aliphatic heterocycles. The fourth-order valence-corrected chi connectivity index (χ4v) is 2.14. The van der Waals surface area contributed by atoms with E-state index in [2.05, 4.69) is 5.32 Å². The highest BCUT2D eigenvalue weighted by Gasteiger charge is 2.17. The van der Waals surface area contributed by atoms with Gasteiger partial charge < -0.3 is 19.7 Å². The van der Waals surface area contributed by atoms with Gasteiger partial charge in [-0.3, -0.25) is 9.59 Å². The molecule has 0 atom stereocenters. The van der Waals surface area contributed by atoms with Gasteiger partial charge in [0.2, 0.25) is 5.91 Å². The Labute approximate surface area is 145 Å². The lowest BCUT2D eigenvalue weighted by Crippen LogP contribution is -2.38. The zero-order valence-electron chi connectivity index (χ0n) is 14.4. The molecule has 0 unspecified atom stereocenters. The van der Waals surface area contributed by atoms with E-state index < -0.39 is 18.5 Å². The van der Waals surface area contributed by atoms with Crippen LogP contribution in [0.1, 0.15) is 10.4 Å². The van der Waals surface area contributed by atoms with Crippen LogP contribution in [0.15, 0.2) is 36.4 Å². The second-order valence-electron chi connectivity index (χ2n) is 5.54. The van der Waals surface area contributed by atoms with E-state index in [9.17, 15) is 14.4 Å². The number of likely N-dealkylation sites (N-methyl/N-ethyl adjacent to an activating group) is 1. The van der Waals surface area contributed by atoms with Crippen molar-refractivity contribution < 1.29 is 23.9 Å². The molecule has 2 aromatic rings. The van der Waals surface area contributed by atoms with Crippen molar-refractivity contribution in [3.8, 4) is 5.75 Å². The quantitative estimate of drug-likeness (QED) is 0.796. The van der Waals surface area contributed by atoms with Crippen molar-refractivity contribution in [3.63, 3.8) is 0 Å². The Bertz CT molecular complexity index is 801. The molecule has 0 bridgehead atoms. The average Bonchev–Trinajstić information content (AvgIpc) is 2.62. The molecule has 2 amide bonds. The molecule has 7 nitrogen and oxygen atoms in total.